The lowest BCUT2D eigenvalue weighted by Gasteiger charge is -2.27. The van der Waals surface area contributed by atoms with Crippen molar-refractivity contribution in [3.05, 3.63) is 41.6 Å². The Labute approximate surface area is 105 Å². The third kappa shape index (κ3) is 2.16. The van der Waals surface area contributed by atoms with Crippen LogP contribution in [0.4, 0.5) is 4.39 Å². The van der Waals surface area contributed by atoms with Crippen LogP contribution >= 0.6 is 0 Å². The van der Waals surface area contributed by atoms with E-state index in [9.17, 15) is 4.39 Å². The highest BCUT2D eigenvalue weighted by Crippen LogP contribution is 2.24. The van der Waals surface area contributed by atoms with Crippen molar-refractivity contribution in [2.24, 2.45) is 0 Å². The minimum atomic E-state index is -0.363. The van der Waals surface area contributed by atoms with Crippen molar-refractivity contribution >= 4 is 0 Å². The van der Waals surface area contributed by atoms with E-state index in [4.69, 9.17) is 0 Å². The van der Waals surface area contributed by atoms with Gasteiger partial charge in [0.15, 0.2) is 0 Å². The Morgan fingerprint density at radius 1 is 1.22 bits per heavy atom. The largest absolute Gasteiger partial charge is 0.315 e. The maximum Gasteiger partial charge on any atom is 0.0950 e. The molecule has 0 saturated carbocycles. The van der Waals surface area contributed by atoms with Gasteiger partial charge in [0.2, 0.25) is 0 Å². The number of aromatic nitrogens is 2. The van der Waals surface area contributed by atoms with Crippen LogP contribution in [0, 0.1) is 0 Å². The lowest BCUT2D eigenvalue weighted by atomic mass is 9.93. The number of hydrogen-bond donors (Lipinski definition) is 2. The maximum absolute atomic E-state index is 12.2. The molecule has 2 heterocycles. The number of nitrogens with zero attached hydrogens (tertiary/aromatic N) is 1. The highest BCUT2D eigenvalue weighted by Gasteiger charge is 2.18. The number of hydrogen-bond acceptors (Lipinski definition) is 2. The average Bonchev–Trinajstić information content (AvgIpc) is 2.77. The second-order valence-electron chi connectivity index (χ2n) is 4.69. The van der Waals surface area contributed by atoms with Gasteiger partial charge in [0.05, 0.1) is 18.1 Å². The highest BCUT2D eigenvalue weighted by atomic mass is 19.1. The van der Waals surface area contributed by atoms with Crippen LogP contribution in [0.2, 0.25) is 0 Å². The maximum atomic E-state index is 12.2. The zero-order valence-electron chi connectivity index (χ0n) is 10.1. The summed E-state index contributed by atoms with van der Waals surface area (Å²) in [4.78, 5) is 0. The fourth-order valence-corrected chi connectivity index (χ4v) is 2.20. The van der Waals surface area contributed by atoms with Crippen molar-refractivity contribution < 1.29 is 4.39 Å². The second-order valence-corrected chi connectivity index (χ2v) is 4.69. The molecule has 1 aromatic heterocycles. The molecule has 0 bridgehead atoms. The van der Waals surface area contributed by atoms with E-state index in [1.165, 1.54) is 5.56 Å². The summed E-state index contributed by atoms with van der Waals surface area (Å²) < 4.78 is 12.2. The first kappa shape index (κ1) is 11.4. The number of alkyl halides is 1. The van der Waals surface area contributed by atoms with Crippen LogP contribution in [-0.4, -0.2) is 30.0 Å². The molecule has 0 spiro atoms. The molecule has 3 rings (SSSR count). The molecule has 0 unspecified atom stereocenters. The van der Waals surface area contributed by atoms with E-state index < -0.39 is 0 Å². The van der Waals surface area contributed by atoms with Crippen molar-refractivity contribution in [2.45, 2.75) is 12.3 Å². The number of halogens is 1. The van der Waals surface area contributed by atoms with Gasteiger partial charge in [-0.3, -0.25) is 9.49 Å². The molecule has 18 heavy (non-hydrogen) atoms. The van der Waals surface area contributed by atoms with Gasteiger partial charge < -0.3 is 5.32 Å². The molecule has 1 saturated heterocycles. The lowest BCUT2D eigenvalue weighted by Crippen LogP contribution is -2.39. The standard InChI is InChI=1S/C14H16FN3/c15-6-5-13-7-14(18-17-13)11-3-1-10(2-4-11)12-8-16-9-12/h1-4,7,12,16H,5-6,8-9H2,(H,17,18). The first-order valence-electron chi connectivity index (χ1n) is 6.28. The van der Waals surface area contributed by atoms with Crippen LogP contribution in [0.3, 0.4) is 0 Å². The van der Waals surface area contributed by atoms with Gasteiger partial charge in [0.25, 0.3) is 0 Å². The molecular formula is C14H16FN3. The van der Waals surface area contributed by atoms with E-state index in [2.05, 4.69) is 39.8 Å². The Balaban J connectivity index is 1.78. The SMILES string of the molecule is FCCc1cc(-c2ccc(C3CNC3)cc2)[nH]n1. The van der Waals surface area contributed by atoms with Gasteiger partial charge in [-0.1, -0.05) is 24.3 Å². The summed E-state index contributed by atoms with van der Waals surface area (Å²) in [7, 11) is 0. The van der Waals surface area contributed by atoms with E-state index in [1.807, 2.05) is 6.07 Å². The van der Waals surface area contributed by atoms with E-state index >= 15 is 0 Å². The summed E-state index contributed by atoms with van der Waals surface area (Å²) in [5.41, 5.74) is 4.21. The molecule has 2 N–H and O–H groups in total. The summed E-state index contributed by atoms with van der Waals surface area (Å²) in [6.07, 6.45) is 0.377. The van der Waals surface area contributed by atoms with Crippen molar-refractivity contribution in [2.75, 3.05) is 19.8 Å². The molecule has 94 valence electrons. The summed E-state index contributed by atoms with van der Waals surface area (Å²) in [6, 6.07) is 10.4. The highest BCUT2D eigenvalue weighted by molar-refractivity contribution is 5.59. The first-order chi connectivity index (χ1) is 8.86. The smallest absolute Gasteiger partial charge is 0.0950 e. The van der Waals surface area contributed by atoms with Crippen molar-refractivity contribution in [1.82, 2.24) is 15.5 Å². The van der Waals surface area contributed by atoms with Crippen molar-refractivity contribution in [3.63, 3.8) is 0 Å². The van der Waals surface area contributed by atoms with Crippen LogP contribution in [0.25, 0.3) is 11.3 Å². The third-order valence-electron chi connectivity index (χ3n) is 3.46. The van der Waals surface area contributed by atoms with E-state index in [0.717, 1.165) is 30.0 Å². The molecule has 1 aliphatic heterocycles. The predicted octanol–water partition coefficient (Wildman–Crippen LogP) is 2.28. The molecule has 1 aliphatic rings. The Bertz CT molecular complexity index is 514. The molecular weight excluding hydrogens is 229 g/mol. The molecule has 1 fully saturated rings. The van der Waals surface area contributed by atoms with Crippen LogP contribution in [0.15, 0.2) is 30.3 Å². The minimum Gasteiger partial charge on any atom is -0.315 e. The van der Waals surface area contributed by atoms with Crippen molar-refractivity contribution in [3.8, 4) is 11.3 Å². The molecule has 0 atom stereocenters. The Morgan fingerprint density at radius 3 is 2.61 bits per heavy atom. The van der Waals surface area contributed by atoms with Crippen LogP contribution in [-0.2, 0) is 6.42 Å². The molecule has 2 aromatic rings. The number of rotatable bonds is 4. The fraction of sp³-hybridized carbons (Fsp3) is 0.357. The second kappa shape index (κ2) is 4.90. The van der Waals surface area contributed by atoms with Gasteiger partial charge in [0.1, 0.15) is 0 Å². The zero-order valence-corrected chi connectivity index (χ0v) is 10.1. The Morgan fingerprint density at radius 2 is 2.00 bits per heavy atom. The van der Waals surface area contributed by atoms with Crippen LogP contribution in [0.1, 0.15) is 17.2 Å². The van der Waals surface area contributed by atoms with Gasteiger partial charge in [-0.05, 0) is 17.2 Å². The molecule has 0 amide bonds. The minimum absolute atomic E-state index is 0.363. The molecule has 0 radical (unpaired) electrons. The Hall–Kier alpha value is -1.68. The number of aryl methyl sites for hydroxylation is 1. The molecule has 0 aliphatic carbocycles. The molecule has 1 aromatic carbocycles. The number of benzene rings is 1. The summed E-state index contributed by atoms with van der Waals surface area (Å²) in [6.45, 7) is 1.78. The number of H-pyrrole nitrogens is 1. The van der Waals surface area contributed by atoms with Crippen LogP contribution < -0.4 is 5.32 Å². The predicted molar refractivity (Wildman–Crippen MR) is 69.3 cm³/mol. The van der Waals surface area contributed by atoms with E-state index in [-0.39, 0.29) is 6.67 Å². The first-order valence-corrected chi connectivity index (χ1v) is 6.28. The van der Waals surface area contributed by atoms with E-state index in [1.54, 1.807) is 0 Å². The molecule has 3 nitrogen and oxygen atoms in total. The summed E-state index contributed by atoms with van der Waals surface area (Å²) >= 11 is 0. The lowest BCUT2D eigenvalue weighted by molar-refractivity contribution is 0.448. The third-order valence-corrected chi connectivity index (χ3v) is 3.46. The van der Waals surface area contributed by atoms with Gasteiger partial charge >= 0.3 is 0 Å². The van der Waals surface area contributed by atoms with Crippen LogP contribution in [0.5, 0.6) is 0 Å². The average molecular weight is 245 g/mol. The fourth-order valence-electron chi connectivity index (χ4n) is 2.20. The monoisotopic (exact) mass is 245 g/mol. The zero-order chi connectivity index (χ0) is 12.4. The Kier molecular flexibility index (Phi) is 3.11. The quantitative estimate of drug-likeness (QED) is 0.867. The van der Waals surface area contributed by atoms with Gasteiger partial charge in [-0.2, -0.15) is 5.10 Å². The van der Waals surface area contributed by atoms with Gasteiger partial charge in [0, 0.05) is 25.4 Å². The topological polar surface area (TPSA) is 40.7 Å². The number of nitrogens with one attached hydrogen (secondary N) is 2. The van der Waals surface area contributed by atoms with E-state index in [0.29, 0.717) is 12.3 Å². The summed E-state index contributed by atoms with van der Waals surface area (Å²) in [5.74, 6) is 0.655. The summed E-state index contributed by atoms with van der Waals surface area (Å²) in [5, 5.41) is 10.3. The number of aromatic amines is 1. The van der Waals surface area contributed by atoms with Gasteiger partial charge in [-0.15, -0.1) is 0 Å². The van der Waals surface area contributed by atoms with Gasteiger partial charge in [-0.25, -0.2) is 0 Å². The van der Waals surface area contributed by atoms with Crippen molar-refractivity contribution in [1.29, 1.82) is 0 Å². The normalized spacial score (nSPS) is 15.6. The molecule has 4 heteroatoms.